The monoisotopic (exact) mass is 1020 g/mol. The van der Waals surface area contributed by atoms with E-state index in [1.165, 1.54) is 302 Å². The summed E-state index contributed by atoms with van der Waals surface area (Å²) in [5, 5.41) is 23.3. The topological polar surface area (TPSA) is 95.9 Å². The smallest absolute Gasteiger partial charge is 0.305 e. The van der Waals surface area contributed by atoms with Crippen molar-refractivity contribution >= 4 is 11.9 Å². The molecule has 6 heteroatoms. The number of unbranched alkanes of at least 4 members (excludes halogenated alkanes) is 49. The van der Waals surface area contributed by atoms with Gasteiger partial charge in [0.05, 0.1) is 25.4 Å². The van der Waals surface area contributed by atoms with Gasteiger partial charge in [0.2, 0.25) is 5.91 Å². The highest BCUT2D eigenvalue weighted by Crippen LogP contribution is 2.18. The number of aliphatic hydroxyl groups excluding tert-OH is 2. The van der Waals surface area contributed by atoms with Gasteiger partial charge in [0, 0.05) is 12.8 Å². The molecule has 0 saturated heterocycles. The lowest BCUT2D eigenvalue weighted by Gasteiger charge is -2.22. The van der Waals surface area contributed by atoms with E-state index >= 15 is 0 Å². The van der Waals surface area contributed by atoms with Crippen molar-refractivity contribution in [2.45, 2.75) is 386 Å². The molecule has 0 rings (SSSR count). The molecule has 0 aromatic carbocycles. The second kappa shape index (κ2) is 62.1. The van der Waals surface area contributed by atoms with Crippen LogP contribution in [-0.4, -0.2) is 47.4 Å². The zero-order chi connectivity index (χ0) is 52.2. The average molecular weight is 1020 g/mol. The van der Waals surface area contributed by atoms with E-state index in [0.717, 1.165) is 38.5 Å². The highest BCUT2D eigenvalue weighted by Gasteiger charge is 2.20. The summed E-state index contributed by atoms with van der Waals surface area (Å²) in [7, 11) is 0. The number of esters is 1. The number of hydrogen-bond donors (Lipinski definition) is 3. The van der Waals surface area contributed by atoms with Gasteiger partial charge in [-0.05, 0) is 51.4 Å². The molecule has 428 valence electrons. The van der Waals surface area contributed by atoms with Gasteiger partial charge in [-0.15, -0.1) is 0 Å². The van der Waals surface area contributed by atoms with Gasteiger partial charge in [0.25, 0.3) is 0 Å². The molecule has 3 N–H and O–H groups in total. The molecule has 0 radical (unpaired) electrons. The maximum atomic E-state index is 12.5. The van der Waals surface area contributed by atoms with E-state index in [1.54, 1.807) is 0 Å². The van der Waals surface area contributed by atoms with Gasteiger partial charge in [-0.1, -0.05) is 321 Å². The predicted molar refractivity (Wildman–Crippen MR) is 315 cm³/mol. The lowest BCUT2D eigenvalue weighted by atomic mass is 10.0. The minimum absolute atomic E-state index is 0.0153. The average Bonchev–Trinajstić information content (AvgIpc) is 3.38. The quantitative estimate of drug-likeness (QED) is 0.0320. The lowest BCUT2D eigenvalue weighted by Crippen LogP contribution is -2.45. The minimum atomic E-state index is -0.668. The Hall–Kier alpha value is -1.40. The summed E-state index contributed by atoms with van der Waals surface area (Å²) in [6, 6.07) is -0.546. The zero-order valence-electron chi connectivity index (χ0n) is 48.9. The zero-order valence-corrected chi connectivity index (χ0v) is 48.9. The summed E-state index contributed by atoms with van der Waals surface area (Å²) in [6.45, 7) is 4.98. The van der Waals surface area contributed by atoms with Crippen molar-refractivity contribution in [2.75, 3.05) is 13.2 Å². The molecular weight excluding hydrogens is 887 g/mol. The van der Waals surface area contributed by atoms with E-state index in [0.29, 0.717) is 25.9 Å². The normalized spacial score (nSPS) is 12.6. The predicted octanol–water partition coefficient (Wildman–Crippen LogP) is 20.8. The van der Waals surface area contributed by atoms with Crippen LogP contribution in [0.5, 0.6) is 0 Å². The summed E-state index contributed by atoms with van der Waals surface area (Å²) in [5.41, 5.74) is 0. The van der Waals surface area contributed by atoms with Crippen LogP contribution in [0.15, 0.2) is 12.2 Å². The first kappa shape index (κ1) is 70.6. The van der Waals surface area contributed by atoms with Crippen molar-refractivity contribution in [1.29, 1.82) is 0 Å². The van der Waals surface area contributed by atoms with Gasteiger partial charge < -0.3 is 20.3 Å². The fourth-order valence-corrected chi connectivity index (χ4v) is 10.5. The fraction of sp³-hybridized carbons (Fsp3) is 0.939. The van der Waals surface area contributed by atoms with Crippen LogP contribution in [0.4, 0.5) is 0 Å². The van der Waals surface area contributed by atoms with Crippen molar-refractivity contribution in [3.05, 3.63) is 12.2 Å². The van der Waals surface area contributed by atoms with Crippen LogP contribution >= 0.6 is 0 Å². The summed E-state index contributed by atoms with van der Waals surface area (Å²) < 4.78 is 5.50. The number of carbonyl (C=O) groups is 2. The van der Waals surface area contributed by atoms with E-state index in [2.05, 4.69) is 31.3 Å². The molecule has 0 aliphatic heterocycles. The summed E-state index contributed by atoms with van der Waals surface area (Å²) in [4.78, 5) is 24.6. The molecule has 0 saturated carbocycles. The van der Waals surface area contributed by atoms with Crippen molar-refractivity contribution in [3.63, 3.8) is 0 Å². The lowest BCUT2D eigenvalue weighted by molar-refractivity contribution is -0.143. The Labute approximate surface area is 450 Å². The maximum Gasteiger partial charge on any atom is 0.305 e. The summed E-state index contributed by atoms with van der Waals surface area (Å²) in [6.07, 6.45) is 75.2. The second-order valence-corrected chi connectivity index (χ2v) is 22.8. The molecule has 72 heavy (non-hydrogen) atoms. The molecule has 1 amide bonds. The molecule has 0 aliphatic carbocycles. The molecule has 0 bridgehead atoms. The molecule has 2 atom stereocenters. The van der Waals surface area contributed by atoms with Crippen LogP contribution in [0.3, 0.4) is 0 Å². The van der Waals surface area contributed by atoms with Crippen LogP contribution in [0.2, 0.25) is 0 Å². The Balaban J connectivity index is 3.38. The van der Waals surface area contributed by atoms with Gasteiger partial charge >= 0.3 is 5.97 Å². The van der Waals surface area contributed by atoms with Crippen LogP contribution in [-0.2, 0) is 14.3 Å². The van der Waals surface area contributed by atoms with Crippen molar-refractivity contribution in [3.8, 4) is 0 Å². The van der Waals surface area contributed by atoms with Crippen molar-refractivity contribution in [1.82, 2.24) is 5.32 Å². The first-order chi connectivity index (χ1) is 35.5. The fourth-order valence-electron chi connectivity index (χ4n) is 10.5. The SMILES string of the molecule is CCCCCCCCCCCCCCCCCCCCC(=O)OCCCCCCCCCCCCC/C=C\CCCCCCCCCC(=O)NC(CO)C(O)CCCCCCCCCCCCCCCCC. The van der Waals surface area contributed by atoms with Gasteiger partial charge in [0.15, 0.2) is 0 Å². The standard InChI is InChI=1S/C66H129NO5/c1-3-5-7-9-11-13-15-17-19-20-28-32-36-40-44-48-52-56-60-66(71)72-61-57-53-49-45-41-37-33-29-26-24-22-21-23-25-27-31-35-39-43-47-51-55-59-65(70)67-63(62-68)64(69)58-54-50-46-42-38-34-30-18-16-14-12-10-8-6-4-2/h23,25,63-64,68-69H,3-22,24,26-62H2,1-2H3,(H,67,70)/b25-23-. The van der Waals surface area contributed by atoms with Crippen molar-refractivity contribution < 1.29 is 24.5 Å². The molecule has 0 heterocycles. The number of aliphatic hydroxyl groups is 2. The Kier molecular flexibility index (Phi) is 60.9. The number of allylic oxidation sites excluding steroid dienone is 2. The number of carbonyl (C=O) groups excluding carboxylic acids is 2. The van der Waals surface area contributed by atoms with Crippen LogP contribution in [0, 0.1) is 0 Å². The molecule has 0 spiro atoms. The third-order valence-corrected chi connectivity index (χ3v) is 15.6. The third kappa shape index (κ3) is 57.9. The molecule has 0 aromatic heterocycles. The Morgan fingerprint density at radius 1 is 0.375 bits per heavy atom. The van der Waals surface area contributed by atoms with Gasteiger partial charge in [-0.3, -0.25) is 9.59 Å². The van der Waals surface area contributed by atoms with Gasteiger partial charge in [-0.25, -0.2) is 0 Å². The van der Waals surface area contributed by atoms with E-state index < -0.39 is 12.1 Å². The Morgan fingerprint density at radius 3 is 0.986 bits per heavy atom. The van der Waals surface area contributed by atoms with Crippen LogP contribution in [0.25, 0.3) is 0 Å². The Morgan fingerprint density at radius 2 is 0.653 bits per heavy atom. The Bertz CT molecular complexity index is 1080. The van der Waals surface area contributed by atoms with E-state index in [1.807, 2.05) is 0 Å². The first-order valence-corrected chi connectivity index (χ1v) is 32.9. The largest absolute Gasteiger partial charge is 0.466 e. The molecular formula is C66H129NO5. The summed E-state index contributed by atoms with van der Waals surface area (Å²) >= 11 is 0. The molecule has 0 fully saturated rings. The number of ether oxygens (including phenoxy) is 1. The van der Waals surface area contributed by atoms with E-state index in [-0.39, 0.29) is 18.5 Å². The number of nitrogens with one attached hydrogen (secondary N) is 1. The molecule has 2 unspecified atom stereocenters. The number of amides is 1. The molecule has 0 aliphatic rings. The van der Waals surface area contributed by atoms with Gasteiger partial charge in [-0.2, -0.15) is 0 Å². The van der Waals surface area contributed by atoms with E-state index in [9.17, 15) is 19.8 Å². The third-order valence-electron chi connectivity index (χ3n) is 15.6. The van der Waals surface area contributed by atoms with E-state index in [4.69, 9.17) is 4.74 Å². The first-order valence-electron chi connectivity index (χ1n) is 32.9. The van der Waals surface area contributed by atoms with Crippen LogP contribution in [0.1, 0.15) is 373 Å². The highest BCUT2D eigenvalue weighted by atomic mass is 16.5. The minimum Gasteiger partial charge on any atom is -0.466 e. The summed E-state index contributed by atoms with van der Waals surface area (Å²) in [5.74, 6) is -0.0240. The second-order valence-electron chi connectivity index (χ2n) is 22.8. The molecule has 0 aromatic rings. The van der Waals surface area contributed by atoms with Crippen molar-refractivity contribution in [2.24, 2.45) is 0 Å². The highest BCUT2D eigenvalue weighted by molar-refractivity contribution is 5.76. The van der Waals surface area contributed by atoms with Crippen LogP contribution < -0.4 is 5.32 Å². The maximum absolute atomic E-state index is 12.5. The molecule has 6 nitrogen and oxygen atoms in total. The number of hydrogen-bond acceptors (Lipinski definition) is 5. The van der Waals surface area contributed by atoms with Gasteiger partial charge in [0.1, 0.15) is 0 Å². The number of rotatable bonds is 62.